The van der Waals surface area contributed by atoms with Crippen LogP contribution in [0.1, 0.15) is 28.1 Å². The Hall–Kier alpha value is -2.95. The molecule has 0 unspecified atom stereocenters. The van der Waals surface area contributed by atoms with Crippen LogP contribution in [0.25, 0.3) is 0 Å². The minimum absolute atomic E-state index is 0.0319. The zero-order valence-electron chi connectivity index (χ0n) is 16.9. The average molecular weight is 459 g/mol. The van der Waals surface area contributed by atoms with Crippen molar-refractivity contribution in [2.24, 2.45) is 0 Å². The summed E-state index contributed by atoms with van der Waals surface area (Å²) in [4.78, 5) is 0.0319. The number of hydrogen-bond donors (Lipinski definition) is 1. The predicted octanol–water partition coefficient (Wildman–Crippen LogP) is 4.66. The lowest BCUT2D eigenvalue weighted by molar-refractivity contribution is 0.366. The molecule has 0 atom stereocenters. The Balaban J connectivity index is 2.01. The lowest BCUT2D eigenvalue weighted by Gasteiger charge is -2.12. The molecule has 0 amide bonds. The molecule has 0 bridgehead atoms. The van der Waals surface area contributed by atoms with Gasteiger partial charge in [0.25, 0.3) is 10.0 Å². The first kappa shape index (κ1) is 22.7. The molecule has 3 rings (SSSR count). The van der Waals surface area contributed by atoms with Crippen LogP contribution in [0.4, 0.5) is 27.6 Å². The molecule has 0 spiro atoms. The number of benzene rings is 2. The van der Waals surface area contributed by atoms with Crippen LogP contribution >= 0.6 is 0 Å². The smallest absolute Gasteiger partial charge is 0.262 e. The molecule has 0 aliphatic carbocycles. The number of aromatic nitrogens is 2. The van der Waals surface area contributed by atoms with E-state index in [1.54, 1.807) is 19.1 Å². The molecular formula is C20H18F5N3O2S. The van der Waals surface area contributed by atoms with Crippen LogP contribution in [0.5, 0.6) is 0 Å². The second kappa shape index (κ2) is 7.95. The van der Waals surface area contributed by atoms with Crippen LogP contribution in [0.15, 0.2) is 23.1 Å². The van der Waals surface area contributed by atoms with Gasteiger partial charge < -0.3 is 0 Å². The van der Waals surface area contributed by atoms with Crippen molar-refractivity contribution in [3.63, 3.8) is 0 Å². The molecular weight excluding hydrogens is 441 g/mol. The third-order valence-corrected chi connectivity index (χ3v) is 6.36. The predicted molar refractivity (Wildman–Crippen MR) is 104 cm³/mol. The van der Waals surface area contributed by atoms with Gasteiger partial charge in [0.2, 0.25) is 5.82 Å². The first-order valence-electron chi connectivity index (χ1n) is 8.99. The molecule has 0 aliphatic rings. The van der Waals surface area contributed by atoms with Gasteiger partial charge in [0, 0.05) is 0 Å². The van der Waals surface area contributed by atoms with Crippen LogP contribution < -0.4 is 4.72 Å². The van der Waals surface area contributed by atoms with E-state index in [0.717, 1.165) is 10.2 Å². The van der Waals surface area contributed by atoms with Gasteiger partial charge >= 0.3 is 0 Å². The molecule has 3 aromatic rings. The van der Waals surface area contributed by atoms with Crippen LogP contribution in [0.2, 0.25) is 0 Å². The van der Waals surface area contributed by atoms with Gasteiger partial charge in [-0.2, -0.15) is 5.10 Å². The monoisotopic (exact) mass is 459 g/mol. The molecule has 0 radical (unpaired) electrons. The lowest BCUT2D eigenvalue weighted by atomic mass is 10.1. The Bertz CT molecular complexity index is 1270. The van der Waals surface area contributed by atoms with Gasteiger partial charge in [-0.3, -0.25) is 9.40 Å². The van der Waals surface area contributed by atoms with Gasteiger partial charge in [0.05, 0.1) is 34.1 Å². The van der Waals surface area contributed by atoms with Gasteiger partial charge in [0.1, 0.15) is 0 Å². The summed E-state index contributed by atoms with van der Waals surface area (Å²) in [6.45, 7) is 5.51. The molecule has 0 saturated carbocycles. The van der Waals surface area contributed by atoms with Gasteiger partial charge in [-0.05, 0) is 39.3 Å². The van der Waals surface area contributed by atoms with Crippen LogP contribution in [-0.2, 0) is 16.6 Å². The maximum absolute atomic E-state index is 14.0. The fourth-order valence-electron chi connectivity index (χ4n) is 3.23. The number of nitrogens with one attached hydrogen (secondary N) is 1. The van der Waals surface area contributed by atoms with Gasteiger partial charge in [-0.1, -0.05) is 17.7 Å². The Morgan fingerprint density at radius 3 is 2.00 bits per heavy atom. The van der Waals surface area contributed by atoms with E-state index in [2.05, 4.69) is 9.82 Å². The number of halogens is 5. The molecule has 5 nitrogen and oxygen atoms in total. The van der Waals surface area contributed by atoms with Crippen molar-refractivity contribution >= 4 is 15.7 Å². The third kappa shape index (κ3) is 4.01. The number of nitrogens with zero attached hydrogens (tertiary/aromatic N) is 2. The SMILES string of the molecule is Cc1ccc(S(=O)(=O)Nc2c(C)nn(Cc3c(F)c(F)c(F)c(F)c3F)c2C)c(C)c1. The highest BCUT2D eigenvalue weighted by Gasteiger charge is 2.27. The van der Waals surface area contributed by atoms with Crippen molar-refractivity contribution < 1.29 is 30.4 Å². The highest BCUT2D eigenvalue weighted by atomic mass is 32.2. The summed E-state index contributed by atoms with van der Waals surface area (Å²) in [7, 11) is -4.02. The van der Waals surface area contributed by atoms with E-state index >= 15 is 0 Å². The summed E-state index contributed by atoms with van der Waals surface area (Å²) < 4.78 is 97.3. The second-order valence-electron chi connectivity index (χ2n) is 7.13. The van der Waals surface area contributed by atoms with E-state index in [0.29, 0.717) is 5.56 Å². The Morgan fingerprint density at radius 2 is 1.45 bits per heavy atom. The fourth-order valence-corrected chi connectivity index (χ4v) is 4.63. The second-order valence-corrected chi connectivity index (χ2v) is 8.78. The minimum atomic E-state index is -4.02. The average Bonchev–Trinajstić information content (AvgIpc) is 2.95. The third-order valence-electron chi connectivity index (χ3n) is 4.85. The summed E-state index contributed by atoms with van der Waals surface area (Å²) in [5.74, 6) is -10.3. The van der Waals surface area contributed by atoms with Crippen LogP contribution in [0, 0.1) is 56.8 Å². The van der Waals surface area contributed by atoms with Crippen molar-refractivity contribution in [3.05, 3.63) is 75.4 Å². The largest absolute Gasteiger partial charge is 0.276 e. The standard InChI is InChI=1S/C20H18F5N3O2S/c1-9-5-6-14(10(2)7-9)31(29,30)27-20-11(3)26-28(12(20)4)8-13-15(21)17(23)19(25)18(24)16(13)22/h5-7,27H,8H2,1-4H3. The summed E-state index contributed by atoms with van der Waals surface area (Å²) in [5.41, 5.74) is 0.648. The fraction of sp³-hybridized carbons (Fsp3) is 0.250. The Kier molecular flexibility index (Phi) is 5.83. The number of sulfonamides is 1. The zero-order chi connectivity index (χ0) is 23.2. The maximum Gasteiger partial charge on any atom is 0.262 e. The molecule has 0 saturated heterocycles. The van der Waals surface area contributed by atoms with E-state index in [1.165, 1.54) is 19.9 Å². The van der Waals surface area contributed by atoms with E-state index in [-0.39, 0.29) is 22.0 Å². The van der Waals surface area contributed by atoms with E-state index in [9.17, 15) is 30.4 Å². The molecule has 2 aromatic carbocycles. The van der Waals surface area contributed by atoms with Crippen LogP contribution in [-0.4, -0.2) is 18.2 Å². The van der Waals surface area contributed by atoms with Crippen molar-refractivity contribution in [2.45, 2.75) is 39.1 Å². The van der Waals surface area contributed by atoms with Gasteiger partial charge in [-0.25, -0.2) is 30.4 Å². The van der Waals surface area contributed by atoms with Crippen molar-refractivity contribution in [2.75, 3.05) is 4.72 Å². The Labute approximate surface area is 175 Å². The molecule has 1 N–H and O–H groups in total. The van der Waals surface area contributed by atoms with Crippen LogP contribution in [0.3, 0.4) is 0 Å². The normalized spacial score (nSPS) is 11.8. The van der Waals surface area contributed by atoms with E-state index in [1.807, 2.05) is 6.92 Å². The zero-order valence-corrected chi connectivity index (χ0v) is 17.8. The molecule has 0 fully saturated rings. The highest BCUT2D eigenvalue weighted by molar-refractivity contribution is 7.92. The maximum atomic E-state index is 14.0. The molecule has 1 heterocycles. The van der Waals surface area contributed by atoms with E-state index < -0.39 is 51.2 Å². The van der Waals surface area contributed by atoms with E-state index in [4.69, 9.17) is 0 Å². The molecule has 31 heavy (non-hydrogen) atoms. The number of anilines is 1. The number of rotatable bonds is 5. The topological polar surface area (TPSA) is 64.0 Å². The summed E-state index contributed by atoms with van der Waals surface area (Å²) in [6.07, 6.45) is 0. The molecule has 0 aliphatic heterocycles. The lowest BCUT2D eigenvalue weighted by Crippen LogP contribution is -2.16. The summed E-state index contributed by atoms with van der Waals surface area (Å²) >= 11 is 0. The Morgan fingerprint density at radius 1 is 0.903 bits per heavy atom. The quantitative estimate of drug-likeness (QED) is 0.343. The minimum Gasteiger partial charge on any atom is -0.276 e. The van der Waals surface area contributed by atoms with Crippen molar-refractivity contribution in [1.29, 1.82) is 0 Å². The first-order chi connectivity index (χ1) is 14.3. The summed E-state index contributed by atoms with van der Waals surface area (Å²) in [5, 5.41) is 4.00. The molecule has 1 aromatic heterocycles. The van der Waals surface area contributed by atoms with Crippen molar-refractivity contribution in [1.82, 2.24) is 9.78 Å². The van der Waals surface area contributed by atoms with Gasteiger partial charge in [-0.15, -0.1) is 0 Å². The highest BCUT2D eigenvalue weighted by Crippen LogP contribution is 2.28. The summed E-state index contributed by atoms with van der Waals surface area (Å²) in [6, 6.07) is 4.77. The van der Waals surface area contributed by atoms with Gasteiger partial charge in [0.15, 0.2) is 23.3 Å². The van der Waals surface area contributed by atoms with Crippen molar-refractivity contribution in [3.8, 4) is 0 Å². The first-order valence-corrected chi connectivity index (χ1v) is 10.5. The molecule has 166 valence electrons. The molecule has 11 heteroatoms. The number of hydrogen-bond acceptors (Lipinski definition) is 3. The number of aryl methyl sites for hydroxylation is 3.